The van der Waals surface area contributed by atoms with E-state index in [1.807, 2.05) is 11.8 Å². The molecular formula is C14H25ClN2O2S. The Labute approximate surface area is 131 Å². The summed E-state index contributed by atoms with van der Waals surface area (Å²) < 4.78 is 5.40. The maximum atomic E-state index is 12.4. The molecule has 0 saturated carbocycles. The van der Waals surface area contributed by atoms with Gasteiger partial charge in [0.1, 0.15) is 0 Å². The van der Waals surface area contributed by atoms with E-state index in [0.29, 0.717) is 18.3 Å². The average Bonchev–Trinajstić information content (AvgIpc) is 2.71. The van der Waals surface area contributed by atoms with Crippen molar-refractivity contribution in [3.05, 3.63) is 0 Å². The van der Waals surface area contributed by atoms with Gasteiger partial charge in [-0.2, -0.15) is 11.8 Å². The predicted octanol–water partition coefficient (Wildman–Crippen LogP) is 1.67. The van der Waals surface area contributed by atoms with Gasteiger partial charge < -0.3 is 9.64 Å². The zero-order valence-electron chi connectivity index (χ0n) is 12.1. The minimum absolute atomic E-state index is 0.284. The van der Waals surface area contributed by atoms with E-state index in [0.717, 1.165) is 58.0 Å². The van der Waals surface area contributed by atoms with Gasteiger partial charge in [0.2, 0.25) is 5.91 Å². The highest BCUT2D eigenvalue weighted by atomic mass is 35.5. The molecule has 0 aromatic carbocycles. The minimum atomic E-state index is 0.284. The number of hydrogen-bond acceptors (Lipinski definition) is 4. The molecule has 1 amide bonds. The van der Waals surface area contributed by atoms with Crippen molar-refractivity contribution in [3.63, 3.8) is 0 Å². The average molecular weight is 321 g/mol. The summed E-state index contributed by atoms with van der Waals surface area (Å²) >= 11 is 7.69. The molecule has 2 rings (SSSR count). The zero-order chi connectivity index (χ0) is 14.2. The second-order valence-electron chi connectivity index (χ2n) is 5.37. The molecule has 1 unspecified atom stereocenters. The summed E-state index contributed by atoms with van der Waals surface area (Å²) in [6, 6.07) is 0.350. The van der Waals surface area contributed by atoms with E-state index < -0.39 is 0 Å². The quantitative estimate of drug-likeness (QED) is 0.722. The summed E-state index contributed by atoms with van der Waals surface area (Å²) in [4.78, 5) is 16.9. The van der Waals surface area contributed by atoms with E-state index in [4.69, 9.17) is 16.3 Å². The fourth-order valence-corrected chi connectivity index (χ4v) is 3.94. The Morgan fingerprint density at radius 1 is 1.30 bits per heavy atom. The Morgan fingerprint density at radius 2 is 2.10 bits per heavy atom. The van der Waals surface area contributed by atoms with Crippen molar-refractivity contribution in [2.75, 3.05) is 56.8 Å². The number of carbonyl (C=O) groups is 1. The molecule has 0 bridgehead atoms. The lowest BCUT2D eigenvalue weighted by atomic mass is 10.2. The predicted molar refractivity (Wildman–Crippen MR) is 84.7 cm³/mol. The number of amides is 1. The highest BCUT2D eigenvalue weighted by Crippen LogP contribution is 2.19. The van der Waals surface area contributed by atoms with E-state index in [-0.39, 0.29) is 5.91 Å². The van der Waals surface area contributed by atoms with Crippen molar-refractivity contribution < 1.29 is 9.53 Å². The number of alkyl halides is 1. The van der Waals surface area contributed by atoms with Crippen LogP contribution in [0.15, 0.2) is 0 Å². The van der Waals surface area contributed by atoms with Gasteiger partial charge in [-0.1, -0.05) is 0 Å². The molecule has 0 spiro atoms. The van der Waals surface area contributed by atoms with Gasteiger partial charge in [0.25, 0.3) is 0 Å². The van der Waals surface area contributed by atoms with Gasteiger partial charge >= 0.3 is 0 Å². The van der Waals surface area contributed by atoms with Crippen LogP contribution in [0.3, 0.4) is 0 Å². The summed E-state index contributed by atoms with van der Waals surface area (Å²) in [7, 11) is 0. The first-order valence-corrected chi connectivity index (χ1v) is 9.23. The molecule has 0 aromatic heterocycles. The third-order valence-electron chi connectivity index (χ3n) is 3.86. The molecule has 2 aliphatic heterocycles. The van der Waals surface area contributed by atoms with Crippen LogP contribution in [0.4, 0.5) is 0 Å². The van der Waals surface area contributed by atoms with Gasteiger partial charge in [-0.25, -0.2) is 0 Å². The highest BCUT2D eigenvalue weighted by Gasteiger charge is 2.27. The van der Waals surface area contributed by atoms with Crippen molar-refractivity contribution >= 4 is 29.3 Å². The number of hydrogen-bond donors (Lipinski definition) is 0. The normalized spacial score (nSPS) is 25.4. The van der Waals surface area contributed by atoms with Gasteiger partial charge in [-0.05, 0) is 18.6 Å². The van der Waals surface area contributed by atoms with E-state index in [1.165, 1.54) is 5.75 Å². The topological polar surface area (TPSA) is 32.8 Å². The Hall–Kier alpha value is 0.0300. The van der Waals surface area contributed by atoms with Crippen LogP contribution in [0, 0.1) is 0 Å². The maximum absolute atomic E-state index is 12.4. The summed E-state index contributed by atoms with van der Waals surface area (Å²) in [5, 5.41) is 0. The van der Waals surface area contributed by atoms with Gasteiger partial charge in [-0.15, -0.1) is 11.6 Å². The third-order valence-corrected chi connectivity index (χ3v) is 5.32. The molecule has 20 heavy (non-hydrogen) atoms. The lowest BCUT2D eigenvalue weighted by molar-refractivity contribution is -0.133. The molecule has 4 nitrogen and oxygen atoms in total. The first kappa shape index (κ1) is 16.4. The first-order valence-electron chi connectivity index (χ1n) is 7.54. The number of rotatable bonds is 5. The number of nitrogens with zero attached hydrogens (tertiary/aromatic N) is 2. The van der Waals surface area contributed by atoms with Crippen LogP contribution in [0.5, 0.6) is 0 Å². The fraction of sp³-hybridized carbons (Fsp3) is 0.929. The number of ether oxygens (including phenoxy) is 1. The van der Waals surface area contributed by atoms with Crippen molar-refractivity contribution in [1.82, 2.24) is 9.80 Å². The van der Waals surface area contributed by atoms with Crippen LogP contribution < -0.4 is 0 Å². The van der Waals surface area contributed by atoms with E-state index in [9.17, 15) is 4.79 Å². The Morgan fingerprint density at radius 3 is 2.85 bits per heavy atom. The number of halogens is 1. The van der Waals surface area contributed by atoms with Crippen LogP contribution in [0.2, 0.25) is 0 Å². The summed E-state index contributed by atoms with van der Waals surface area (Å²) in [5.41, 5.74) is 0. The van der Waals surface area contributed by atoms with E-state index >= 15 is 0 Å². The lowest BCUT2D eigenvalue weighted by Crippen LogP contribution is -2.50. The van der Waals surface area contributed by atoms with Crippen LogP contribution >= 0.6 is 23.4 Å². The monoisotopic (exact) mass is 320 g/mol. The molecule has 2 heterocycles. The van der Waals surface area contributed by atoms with Crippen molar-refractivity contribution in [3.8, 4) is 0 Å². The van der Waals surface area contributed by atoms with Crippen LogP contribution in [-0.2, 0) is 9.53 Å². The molecule has 1 atom stereocenters. The standard InChI is InChI=1S/C14H25ClN2O2S/c15-4-1-3-14(18)17-5-2-10-20-12-13(17)11-16-6-8-19-9-7-16/h13H,1-12H2. The van der Waals surface area contributed by atoms with Crippen LogP contribution in [0.1, 0.15) is 19.3 Å². The first-order chi connectivity index (χ1) is 9.81. The lowest BCUT2D eigenvalue weighted by Gasteiger charge is -2.35. The fourth-order valence-electron chi connectivity index (χ4n) is 2.75. The van der Waals surface area contributed by atoms with E-state index in [1.54, 1.807) is 0 Å². The maximum Gasteiger partial charge on any atom is 0.222 e. The Bertz CT molecular complexity index is 301. The number of thioether (sulfide) groups is 1. The molecular weight excluding hydrogens is 296 g/mol. The largest absolute Gasteiger partial charge is 0.379 e. The van der Waals surface area contributed by atoms with Gasteiger partial charge in [0, 0.05) is 44.2 Å². The number of carbonyl (C=O) groups excluding carboxylic acids is 1. The van der Waals surface area contributed by atoms with Crippen LogP contribution in [-0.4, -0.2) is 78.5 Å². The highest BCUT2D eigenvalue weighted by molar-refractivity contribution is 7.99. The molecule has 2 aliphatic rings. The van der Waals surface area contributed by atoms with Gasteiger partial charge in [-0.3, -0.25) is 9.69 Å². The zero-order valence-corrected chi connectivity index (χ0v) is 13.6. The molecule has 2 saturated heterocycles. The molecule has 0 aromatic rings. The second-order valence-corrected chi connectivity index (χ2v) is 6.90. The van der Waals surface area contributed by atoms with Crippen molar-refractivity contribution in [2.24, 2.45) is 0 Å². The van der Waals surface area contributed by atoms with E-state index in [2.05, 4.69) is 9.80 Å². The molecule has 2 fully saturated rings. The number of morpholine rings is 1. The van der Waals surface area contributed by atoms with Crippen molar-refractivity contribution in [2.45, 2.75) is 25.3 Å². The Balaban J connectivity index is 1.91. The van der Waals surface area contributed by atoms with Crippen molar-refractivity contribution in [1.29, 1.82) is 0 Å². The molecule has 6 heteroatoms. The Kier molecular flexibility index (Phi) is 7.49. The smallest absolute Gasteiger partial charge is 0.222 e. The van der Waals surface area contributed by atoms with Gasteiger partial charge in [0.05, 0.1) is 19.3 Å². The molecule has 0 N–H and O–H groups in total. The third kappa shape index (κ3) is 5.10. The summed E-state index contributed by atoms with van der Waals surface area (Å²) in [5.74, 6) is 3.08. The minimum Gasteiger partial charge on any atom is -0.379 e. The molecule has 0 aliphatic carbocycles. The van der Waals surface area contributed by atoms with Crippen LogP contribution in [0.25, 0.3) is 0 Å². The SMILES string of the molecule is O=C(CCCCl)N1CCCSCC1CN1CCOCC1. The summed E-state index contributed by atoms with van der Waals surface area (Å²) in [6.45, 7) is 5.52. The molecule has 116 valence electrons. The molecule has 0 radical (unpaired) electrons. The summed E-state index contributed by atoms with van der Waals surface area (Å²) in [6.07, 6.45) is 2.49. The second kappa shape index (κ2) is 9.13. The van der Waals surface area contributed by atoms with Gasteiger partial charge in [0.15, 0.2) is 0 Å².